The maximum atomic E-state index is 11.5. The van der Waals surface area contributed by atoms with Gasteiger partial charge >= 0.3 is 5.97 Å². The number of nitrogens with zero attached hydrogens (tertiary/aromatic N) is 1. The Balaban J connectivity index is 0.00000576. The van der Waals surface area contributed by atoms with E-state index in [-0.39, 0.29) is 36.0 Å². The van der Waals surface area contributed by atoms with Gasteiger partial charge < -0.3 is 20.1 Å². The summed E-state index contributed by atoms with van der Waals surface area (Å²) < 4.78 is 10.5. The number of nitrogens with one attached hydrogen (secondary N) is 2. The first-order chi connectivity index (χ1) is 11.5. The number of aryl methyl sites for hydroxylation is 1. The molecule has 0 aliphatic rings. The Morgan fingerprint density at radius 1 is 1.28 bits per heavy atom. The number of halogens is 1. The van der Waals surface area contributed by atoms with Crippen molar-refractivity contribution in [1.82, 2.24) is 10.6 Å². The third-order valence-electron chi connectivity index (χ3n) is 3.18. The molecule has 0 saturated carbocycles. The molecule has 0 aromatic heterocycles. The van der Waals surface area contributed by atoms with Crippen LogP contribution in [-0.2, 0) is 16.1 Å². The predicted octanol–water partition coefficient (Wildman–Crippen LogP) is 3.02. The number of rotatable bonds is 8. The summed E-state index contributed by atoms with van der Waals surface area (Å²) in [7, 11) is 1.66. The Kier molecular flexibility index (Phi) is 12.0. The molecule has 0 heterocycles. The van der Waals surface area contributed by atoms with Crippen LogP contribution in [0.5, 0.6) is 5.75 Å². The van der Waals surface area contributed by atoms with Crippen molar-refractivity contribution in [2.45, 2.75) is 46.8 Å². The number of guanidine groups is 1. The summed E-state index contributed by atoms with van der Waals surface area (Å²) in [5.74, 6) is 1.28. The van der Waals surface area contributed by atoms with Crippen LogP contribution in [0.1, 0.15) is 38.3 Å². The normalized spacial score (nSPS) is 10.9. The highest BCUT2D eigenvalue weighted by atomic mass is 127. The zero-order valence-electron chi connectivity index (χ0n) is 15.7. The molecule has 0 saturated heterocycles. The van der Waals surface area contributed by atoms with Gasteiger partial charge in [0.1, 0.15) is 5.75 Å². The van der Waals surface area contributed by atoms with E-state index in [1.54, 1.807) is 7.11 Å². The molecule has 0 radical (unpaired) electrons. The molecule has 1 aromatic carbocycles. The summed E-state index contributed by atoms with van der Waals surface area (Å²) in [5, 5.41) is 6.30. The summed E-state index contributed by atoms with van der Waals surface area (Å²) >= 11 is 0. The molecule has 0 atom stereocenters. The molecule has 25 heavy (non-hydrogen) atoms. The lowest BCUT2D eigenvalue weighted by Crippen LogP contribution is -2.38. The fraction of sp³-hybridized carbons (Fsp3) is 0.556. The average Bonchev–Trinajstić information content (AvgIpc) is 2.52. The molecule has 142 valence electrons. The van der Waals surface area contributed by atoms with Gasteiger partial charge in [-0.15, -0.1) is 24.0 Å². The molecule has 1 aromatic rings. The SMILES string of the molecule is CCNC(=NCc1ccc(C)cc1OC)NCCC(=O)OC(C)C.I. The molecule has 0 spiro atoms. The third kappa shape index (κ3) is 9.52. The Morgan fingerprint density at radius 3 is 2.60 bits per heavy atom. The van der Waals surface area contributed by atoms with Gasteiger partial charge in [0.05, 0.1) is 26.2 Å². The second-order valence-corrected chi connectivity index (χ2v) is 5.73. The van der Waals surface area contributed by atoms with E-state index < -0.39 is 0 Å². The summed E-state index contributed by atoms with van der Waals surface area (Å²) in [6.45, 7) is 9.41. The average molecular weight is 463 g/mol. The van der Waals surface area contributed by atoms with Crippen LogP contribution >= 0.6 is 24.0 Å². The Labute approximate surface area is 167 Å². The summed E-state index contributed by atoms with van der Waals surface area (Å²) in [5.41, 5.74) is 2.16. The Morgan fingerprint density at radius 2 is 2.00 bits per heavy atom. The Hall–Kier alpha value is -1.51. The number of hydrogen-bond acceptors (Lipinski definition) is 4. The van der Waals surface area contributed by atoms with Gasteiger partial charge in [-0.25, -0.2) is 4.99 Å². The highest BCUT2D eigenvalue weighted by Gasteiger charge is 2.07. The molecule has 7 heteroatoms. The monoisotopic (exact) mass is 463 g/mol. The van der Waals surface area contributed by atoms with Gasteiger partial charge in [0.15, 0.2) is 5.96 Å². The highest BCUT2D eigenvalue weighted by molar-refractivity contribution is 14.0. The molecule has 0 fully saturated rings. The van der Waals surface area contributed by atoms with Gasteiger partial charge in [0.25, 0.3) is 0 Å². The van der Waals surface area contributed by atoms with Gasteiger partial charge in [-0.3, -0.25) is 4.79 Å². The van der Waals surface area contributed by atoms with E-state index in [0.29, 0.717) is 25.5 Å². The van der Waals surface area contributed by atoms with E-state index in [4.69, 9.17) is 9.47 Å². The lowest BCUT2D eigenvalue weighted by Gasteiger charge is -2.13. The zero-order chi connectivity index (χ0) is 17.9. The van der Waals surface area contributed by atoms with Crippen molar-refractivity contribution >= 4 is 35.9 Å². The van der Waals surface area contributed by atoms with Crippen molar-refractivity contribution in [3.8, 4) is 5.75 Å². The first-order valence-electron chi connectivity index (χ1n) is 8.31. The molecule has 0 unspecified atom stereocenters. The summed E-state index contributed by atoms with van der Waals surface area (Å²) in [6.07, 6.45) is 0.213. The molecular formula is C18H30IN3O3. The van der Waals surface area contributed by atoms with E-state index in [9.17, 15) is 4.79 Å². The predicted molar refractivity (Wildman–Crippen MR) is 112 cm³/mol. The van der Waals surface area contributed by atoms with Crippen LogP contribution in [0.2, 0.25) is 0 Å². The van der Waals surface area contributed by atoms with Crippen LogP contribution in [0, 0.1) is 6.92 Å². The number of methoxy groups -OCH3 is 1. The molecule has 2 N–H and O–H groups in total. The number of benzene rings is 1. The van der Waals surface area contributed by atoms with Crippen molar-refractivity contribution in [3.05, 3.63) is 29.3 Å². The van der Waals surface area contributed by atoms with Gasteiger partial charge in [0, 0.05) is 18.7 Å². The number of hydrogen-bond donors (Lipinski definition) is 2. The number of carbonyl (C=O) groups excluding carboxylic acids is 1. The van der Waals surface area contributed by atoms with E-state index in [0.717, 1.165) is 23.4 Å². The molecule has 0 aliphatic carbocycles. The van der Waals surface area contributed by atoms with Gasteiger partial charge in [-0.05, 0) is 39.3 Å². The van der Waals surface area contributed by atoms with Crippen LogP contribution in [0.25, 0.3) is 0 Å². The largest absolute Gasteiger partial charge is 0.496 e. The fourth-order valence-corrected chi connectivity index (χ4v) is 2.09. The molecular weight excluding hydrogens is 433 g/mol. The molecule has 6 nitrogen and oxygen atoms in total. The first kappa shape index (κ1) is 23.5. The minimum atomic E-state index is -0.214. The smallest absolute Gasteiger partial charge is 0.307 e. The van der Waals surface area contributed by atoms with Gasteiger partial charge in [0.2, 0.25) is 0 Å². The summed E-state index contributed by atoms with van der Waals surface area (Å²) in [4.78, 5) is 16.1. The minimum absolute atomic E-state index is 0. The first-order valence-corrected chi connectivity index (χ1v) is 8.31. The van der Waals surface area contributed by atoms with Gasteiger partial charge in [-0.1, -0.05) is 12.1 Å². The lowest BCUT2D eigenvalue weighted by molar-refractivity contribution is -0.147. The number of esters is 1. The van der Waals surface area contributed by atoms with Crippen LogP contribution < -0.4 is 15.4 Å². The second-order valence-electron chi connectivity index (χ2n) is 5.73. The standard InChI is InChI=1S/C18H29N3O3.HI/c1-6-19-18(20-10-9-17(22)24-13(2)3)21-12-15-8-7-14(4)11-16(15)23-5;/h7-8,11,13H,6,9-10,12H2,1-5H3,(H2,19,20,21);1H. The van der Waals surface area contributed by atoms with E-state index >= 15 is 0 Å². The third-order valence-corrected chi connectivity index (χ3v) is 3.18. The molecule has 0 amide bonds. The van der Waals surface area contributed by atoms with Crippen molar-refractivity contribution in [2.24, 2.45) is 4.99 Å². The van der Waals surface area contributed by atoms with Crippen molar-refractivity contribution in [2.75, 3.05) is 20.2 Å². The number of carbonyl (C=O) groups is 1. The lowest BCUT2D eigenvalue weighted by atomic mass is 10.1. The maximum Gasteiger partial charge on any atom is 0.307 e. The topological polar surface area (TPSA) is 72.0 Å². The van der Waals surface area contributed by atoms with Gasteiger partial charge in [-0.2, -0.15) is 0 Å². The van der Waals surface area contributed by atoms with E-state index in [1.807, 2.05) is 45.9 Å². The van der Waals surface area contributed by atoms with Crippen LogP contribution in [-0.4, -0.2) is 38.2 Å². The maximum absolute atomic E-state index is 11.5. The number of ether oxygens (including phenoxy) is 2. The second kappa shape index (κ2) is 12.8. The molecule has 0 bridgehead atoms. The molecule has 1 rings (SSSR count). The minimum Gasteiger partial charge on any atom is -0.496 e. The van der Waals surface area contributed by atoms with Crippen molar-refractivity contribution in [3.63, 3.8) is 0 Å². The Bertz CT molecular complexity index is 562. The van der Waals surface area contributed by atoms with E-state index in [2.05, 4.69) is 15.6 Å². The quantitative estimate of drug-likeness (QED) is 0.269. The number of aliphatic imine (C=N–C) groups is 1. The van der Waals surface area contributed by atoms with Crippen LogP contribution in [0.15, 0.2) is 23.2 Å². The highest BCUT2D eigenvalue weighted by Crippen LogP contribution is 2.20. The van der Waals surface area contributed by atoms with Crippen LogP contribution in [0.3, 0.4) is 0 Å². The van der Waals surface area contributed by atoms with Crippen molar-refractivity contribution < 1.29 is 14.3 Å². The zero-order valence-corrected chi connectivity index (χ0v) is 18.0. The fourth-order valence-electron chi connectivity index (χ4n) is 2.09. The van der Waals surface area contributed by atoms with Crippen molar-refractivity contribution in [1.29, 1.82) is 0 Å². The summed E-state index contributed by atoms with van der Waals surface area (Å²) in [6, 6.07) is 6.05. The van der Waals surface area contributed by atoms with E-state index in [1.165, 1.54) is 0 Å². The van der Waals surface area contributed by atoms with Crippen LogP contribution in [0.4, 0.5) is 0 Å². The molecule has 0 aliphatic heterocycles.